The lowest BCUT2D eigenvalue weighted by atomic mass is 9.72. The Hall–Kier alpha value is -4.12. The van der Waals surface area contributed by atoms with E-state index in [9.17, 15) is 34.8 Å². The average molecular weight is 683 g/mol. The number of azide groups is 1. The molecule has 4 aliphatic rings. The molecule has 0 spiro atoms. The Bertz CT molecular complexity index is 1750. The highest BCUT2D eigenvalue weighted by molar-refractivity contribution is 6.31. The predicted octanol–water partition coefficient (Wildman–Crippen LogP) is 2.23. The number of carbonyl (C=O) groups excluding carboxylic acids is 3. The summed E-state index contributed by atoms with van der Waals surface area (Å²) in [4.78, 5) is 43.1. The minimum atomic E-state index is -2.06. The lowest BCUT2D eigenvalue weighted by Gasteiger charge is -2.44. The molecule has 6 rings (SSSR count). The van der Waals surface area contributed by atoms with Gasteiger partial charge in [0.25, 0.3) is 0 Å². The molecule has 2 aromatic carbocycles. The smallest absolute Gasteiger partial charge is 0.202 e. The van der Waals surface area contributed by atoms with Gasteiger partial charge in [-0.05, 0) is 32.4 Å². The molecule has 2 saturated heterocycles. The maximum Gasteiger partial charge on any atom is 0.202 e. The van der Waals surface area contributed by atoms with Gasteiger partial charge in [-0.15, -0.1) is 0 Å². The van der Waals surface area contributed by atoms with Crippen molar-refractivity contribution in [2.24, 2.45) is 10.8 Å². The fourth-order valence-electron chi connectivity index (χ4n) is 7.33. The van der Waals surface area contributed by atoms with Crippen LogP contribution in [0.15, 0.2) is 23.3 Å². The van der Waals surface area contributed by atoms with Gasteiger partial charge in [0.05, 0.1) is 54.3 Å². The first-order valence-corrected chi connectivity index (χ1v) is 15.9. The fraction of sp³-hybridized carbons (Fsp3) is 0.545. The number of nitrogens with two attached hydrogens (primary N) is 1. The van der Waals surface area contributed by atoms with Crippen LogP contribution in [0.2, 0.25) is 0 Å². The van der Waals surface area contributed by atoms with Gasteiger partial charge < -0.3 is 49.8 Å². The molecule has 0 saturated carbocycles. The second-order valence-electron chi connectivity index (χ2n) is 13.0. The quantitative estimate of drug-likeness (QED) is 0.104. The monoisotopic (exact) mass is 682 g/mol. The molecule has 0 amide bonds. The summed E-state index contributed by atoms with van der Waals surface area (Å²) in [6.07, 6.45) is -7.08. The van der Waals surface area contributed by atoms with Crippen molar-refractivity contribution in [3.05, 3.63) is 62.0 Å². The van der Waals surface area contributed by atoms with Crippen molar-refractivity contribution in [3.63, 3.8) is 0 Å². The lowest BCUT2D eigenvalue weighted by Crippen LogP contribution is -2.56. The normalized spacial score (nSPS) is 33.9. The number of Topliss-reactive ketones (excluding diaryl/α,β-unsaturated/α-hetero) is 1. The summed E-state index contributed by atoms with van der Waals surface area (Å²) in [5, 5.41) is 48.6. The number of hydrogen-bond donors (Lipinski definition) is 5. The van der Waals surface area contributed by atoms with Gasteiger partial charge >= 0.3 is 0 Å². The predicted molar refractivity (Wildman–Crippen MR) is 167 cm³/mol. The van der Waals surface area contributed by atoms with Gasteiger partial charge in [-0.25, -0.2) is 0 Å². The zero-order chi connectivity index (χ0) is 35.5. The maximum atomic E-state index is 13.9. The first kappa shape index (κ1) is 34.7. The number of hydrogen-bond acceptors (Lipinski definition) is 14. The maximum absolute atomic E-state index is 13.9. The Kier molecular flexibility index (Phi) is 9.19. The molecule has 0 unspecified atom stereocenters. The summed E-state index contributed by atoms with van der Waals surface area (Å²) in [5.74, 6) is -3.34. The second-order valence-corrected chi connectivity index (χ2v) is 13.0. The average Bonchev–Trinajstić information content (AvgIpc) is 3.05. The van der Waals surface area contributed by atoms with E-state index < -0.39 is 107 Å². The number of ketones is 3. The molecule has 0 radical (unpaired) electrons. The number of aliphatic hydroxyl groups is 2. The minimum Gasteiger partial charge on any atom is -0.507 e. The van der Waals surface area contributed by atoms with Crippen LogP contribution in [0.1, 0.15) is 89.1 Å². The third-order valence-electron chi connectivity index (χ3n) is 9.95. The van der Waals surface area contributed by atoms with Gasteiger partial charge in [0.15, 0.2) is 24.1 Å². The zero-order valence-electron chi connectivity index (χ0n) is 27.2. The van der Waals surface area contributed by atoms with Gasteiger partial charge in [-0.1, -0.05) is 17.2 Å². The summed E-state index contributed by atoms with van der Waals surface area (Å²) >= 11 is 0. The number of methoxy groups -OCH3 is 1. The molecule has 2 aliphatic carbocycles. The topological polar surface area (TPSA) is 253 Å². The molecule has 6 N–H and O–H groups in total. The first-order chi connectivity index (χ1) is 23.2. The van der Waals surface area contributed by atoms with Gasteiger partial charge in [0, 0.05) is 53.3 Å². The first-order valence-electron chi connectivity index (χ1n) is 15.9. The largest absolute Gasteiger partial charge is 0.507 e. The van der Waals surface area contributed by atoms with E-state index in [0.717, 1.165) is 0 Å². The summed E-state index contributed by atoms with van der Waals surface area (Å²) in [6.45, 7) is 4.48. The van der Waals surface area contributed by atoms with Crippen LogP contribution < -0.4 is 10.5 Å². The Morgan fingerprint density at radius 2 is 1.71 bits per heavy atom. The minimum absolute atomic E-state index is 0.0314. The van der Waals surface area contributed by atoms with Crippen molar-refractivity contribution in [3.8, 4) is 17.2 Å². The fourth-order valence-corrected chi connectivity index (χ4v) is 7.33. The van der Waals surface area contributed by atoms with E-state index in [4.69, 9.17) is 34.9 Å². The SMILES string of the molecule is COc1cccc2c1C(=O)c1c(O)c3c(c(O)c1C2=O)C[C@@](O)(C(C)=O)C[C@@H]3O[C@H]1C[C@H](N)[C@H](O[C@H]2C[C@H](N=[N+]=[N-])[C@H](O)[C@H](C)O2)[C@H](C)O1. The number of ether oxygens (including phenoxy) is 5. The van der Waals surface area contributed by atoms with Gasteiger partial charge in [0.1, 0.15) is 29.0 Å². The third-order valence-corrected chi connectivity index (χ3v) is 9.95. The van der Waals surface area contributed by atoms with E-state index in [1.165, 1.54) is 32.2 Å². The number of phenols is 2. The van der Waals surface area contributed by atoms with E-state index in [2.05, 4.69) is 10.0 Å². The molecule has 0 bridgehead atoms. The molecular formula is C33H38N4O12. The molecule has 2 fully saturated rings. The molecular weight excluding hydrogens is 644 g/mol. The molecule has 10 atom stereocenters. The van der Waals surface area contributed by atoms with Crippen molar-refractivity contribution in [2.45, 2.75) is 107 Å². The van der Waals surface area contributed by atoms with E-state index in [1.54, 1.807) is 13.8 Å². The number of phenolic OH excluding ortho intramolecular Hbond substituents is 2. The molecule has 0 aromatic heterocycles. The molecule has 2 aromatic rings. The van der Waals surface area contributed by atoms with Gasteiger partial charge in [-0.2, -0.15) is 0 Å². The molecule has 2 heterocycles. The number of benzene rings is 2. The molecule has 2 aliphatic heterocycles. The molecule has 16 heteroatoms. The van der Waals surface area contributed by atoms with Gasteiger partial charge in [-0.3, -0.25) is 14.4 Å². The summed E-state index contributed by atoms with van der Waals surface area (Å²) < 4.78 is 29.6. The Labute approximate surface area is 280 Å². The molecule has 262 valence electrons. The Balaban J connectivity index is 1.31. The lowest BCUT2D eigenvalue weighted by molar-refractivity contribution is -0.294. The number of rotatable bonds is 7. The van der Waals surface area contributed by atoms with Crippen molar-refractivity contribution >= 4 is 17.3 Å². The van der Waals surface area contributed by atoms with E-state index in [-0.39, 0.29) is 47.3 Å². The zero-order valence-corrected chi connectivity index (χ0v) is 27.2. The van der Waals surface area contributed by atoms with E-state index in [0.29, 0.717) is 0 Å². The van der Waals surface area contributed by atoms with Gasteiger partial charge in [0.2, 0.25) is 5.78 Å². The molecule has 49 heavy (non-hydrogen) atoms. The summed E-state index contributed by atoms with van der Waals surface area (Å²) in [6, 6.07) is 2.93. The number of aromatic hydroxyl groups is 2. The van der Waals surface area contributed by atoms with Crippen molar-refractivity contribution in [1.29, 1.82) is 0 Å². The highest BCUT2D eigenvalue weighted by Crippen LogP contribution is 2.52. The molecule has 16 nitrogen and oxygen atoms in total. The highest BCUT2D eigenvalue weighted by atomic mass is 16.7. The van der Waals surface area contributed by atoms with Crippen LogP contribution in [0.5, 0.6) is 17.2 Å². The number of aliphatic hydroxyl groups excluding tert-OH is 1. The van der Waals surface area contributed by atoms with E-state index in [1.807, 2.05) is 0 Å². The van der Waals surface area contributed by atoms with Crippen LogP contribution in [-0.2, 0) is 30.2 Å². The van der Waals surface area contributed by atoms with Crippen molar-refractivity contribution in [2.75, 3.05) is 7.11 Å². The second kappa shape index (κ2) is 13.0. The Morgan fingerprint density at radius 3 is 2.37 bits per heavy atom. The van der Waals surface area contributed by atoms with Crippen molar-refractivity contribution < 1.29 is 58.5 Å². The van der Waals surface area contributed by atoms with E-state index >= 15 is 0 Å². The van der Waals surface area contributed by atoms with Crippen LogP contribution in [-0.4, -0.2) is 99.6 Å². The third kappa shape index (κ3) is 5.83. The van der Waals surface area contributed by atoms with Crippen LogP contribution in [0.25, 0.3) is 10.4 Å². The number of carbonyl (C=O) groups is 3. The van der Waals surface area contributed by atoms with Crippen molar-refractivity contribution in [1.82, 2.24) is 0 Å². The van der Waals surface area contributed by atoms with Crippen LogP contribution >= 0.6 is 0 Å². The standard InChI is InChI=1S/C33H38N4O12/c1-12-27(39)18(36-37-35)9-22(46-12)49-32-13(2)47-21(8-17(32)34)48-20-11-33(44,14(3)38)10-16-24(20)31(43)26-25(29(16)41)28(40)15-6-5-7-19(45-4)23(15)30(26)42/h5-7,12-13,17-18,20-22,27,32,39,41,43-44H,8-11,34H2,1-4H3/t12-,13-,17-,18-,20-,21-,22-,27+,32+,33-/m0/s1. The Morgan fingerprint density at radius 1 is 1.04 bits per heavy atom. The summed E-state index contributed by atoms with van der Waals surface area (Å²) in [5.41, 5.74) is 12.1. The highest BCUT2D eigenvalue weighted by Gasteiger charge is 2.50. The number of fused-ring (bicyclic) bond motifs is 3. The number of nitrogens with zero attached hydrogens (tertiary/aromatic N) is 3. The van der Waals surface area contributed by atoms with Crippen LogP contribution in [0.4, 0.5) is 0 Å². The van der Waals surface area contributed by atoms with Crippen LogP contribution in [0.3, 0.4) is 0 Å². The summed E-state index contributed by atoms with van der Waals surface area (Å²) in [7, 11) is 1.33. The van der Waals surface area contributed by atoms with Crippen LogP contribution in [0, 0.1) is 0 Å².